The highest BCUT2D eigenvalue weighted by molar-refractivity contribution is 5.81. The van der Waals surface area contributed by atoms with E-state index in [4.69, 9.17) is 0 Å². The predicted octanol–water partition coefficient (Wildman–Crippen LogP) is 2.30. The van der Waals surface area contributed by atoms with Crippen LogP contribution in [-0.2, 0) is 17.8 Å². The first kappa shape index (κ1) is 21.4. The van der Waals surface area contributed by atoms with Crippen LogP contribution in [0.15, 0.2) is 17.1 Å². The Bertz CT molecular complexity index is 1060. The van der Waals surface area contributed by atoms with E-state index in [0.717, 1.165) is 21.9 Å². The number of fused-ring (bicyclic) bond motifs is 1. The van der Waals surface area contributed by atoms with Crippen LogP contribution in [0.5, 0.6) is 0 Å². The number of pyridine rings is 1. The summed E-state index contributed by atoms with van der Waals surface area (Å²) in [6.45, 7) is 2.26. The normalized spacial score (nSPS) is 23.8. The van der Waals surface area contributed by atoms with Crippen LogP contribution in [0, 0.1) is 23.5 Å². The molecule has 0 radical (unpaired) electrons. The molecule has 7 nitrogen and oxygen atoms in total. The molecule has 0 aromatic carbocycles. The van der Waals surface area contributed by atoms with Gasteiger partial charge in [-0.05, 0) is 18.8 Å². The monoisotopic (exact) mass is 445 g/mol. The number of likely N-dealkylation sites (tertiary alicyclic amines) is 1. The van der Waals surface area contributed by atoms with Crippen molar-refractivity contribution in [2.45, 2.75) is 44.9 Å². The average Bonchev–Trinajstić information content (AvgIpc) is 3.26. The number of hydrogen-bond donors (Lipinski definition) is 0. The third-order valence-corrected chi connectivity index (χ3v) is 5.86. The number of rotatable bonds is 3. The maximum atomic E-state index is 14.0. The molecule has 1 saturated heterocycles. The molecule has 2 aromatic heterocycles. The average molecular weight is 445 g/mol. The lowest BCUT2D eigenvalue weighted by Crippen LogP contribution is -2.45. The Morgan fingerprint density at radius 2 is 2.03 bits per heavy atom. The van der Waals surface area contributed by atoms with E-state index in [1.54, 1.807) is 0 Å². The Kier molecular flexibility index (Phi) is 5.34. The molecular formula is C19H20F5N5O2. The second kappa shape index (κ2) is 7.72. The molecule has 31 heavy (non-hydrogen) atoms. The van der Waals surface area contributed by atoms with Gasteiger partial charge in [-0.3, -0.25) is 14.3 Å². The van der Waals surface area contributed by atoms with Crippen LogP contribution in [0.4, 0.5) is 22.0 Å². The summed E-state index contributed by atoms with van der Waals surface area (Å²) in [6, 6.07) is -0.753. The van der Waals surface area contributed by atoms with E-state index in [1.165, 1.54) is 4.90 Å². The van der Waals surface area contributed by atoms with Gasteiger partial charge in [0, 0.05) is 25.6 Å². The molecule has 2 unspecified atom stereocenters. The molecule has 1 fully saturated rings. The summed E-state index contributed by atoms with van der Waals surface area (Å²) in [5.41, 5.74) is -1.12. The van der Waals surface area contributed by atoms with Gasteiger partial charge in [0.25, 0.3) is 0 Å². The van der Waals surface area contributed by atoms with Crippen molar-refractivity contribution in [1.29, 1.82) is 0 Å². The van der Waals surface area contributed by atoms with Crippen LogP contribution in [0.25, 0.3) is 0 Å². The molecule has 0 spiro atoms. The van der Waals surface area contributed by atoms with Gasteiger partial charge in [0.2, 0.25) is 5.91 Å². The quantitative estimate of drug-likeness (QED) is 0.680. The summed E-state index contributed by atoms with van der Waals surface area (Å²) >= 11 is 0. The number of aromatic nitrogens is 4. The van der Waals surface area contributed by atoms with Crippen LogP contribution >= 0.6 is 0 Å². The van der Waals surface area contributed by atoms with E-state index in [2.05, 4.69) is 10.1 Å². The first-order chi connectivity index (χ1) is 14.5. The van der Waals surface area contributed by atoms with Crippen molar-refractivity contribution < 1.29 is 26.7 Å². The number of alkyl halides is 3. The fourth-order valence-electron chi connectivity index (χ4n) is 4.21. The van der Waals surface area contributed by atoms with Gasteiger partial charge in [-0.2, -0.15) is 18.3 Å². The fourth-order valence-corrected chi connectivity index (χ4v) is 4.21. The highest BCUT2D eigenvalue weighted by Gasteiger charge is 2.48. The van der Waals surface area contributed by atoms with Gasteiger partial charge in [-0.25, -0.2) is 18.3 Å². The van der Waals surface area contributed by atoms with E-state index in [1.807, 2.05) is 6.92 Å². The van der Waals surface area contributed by atoms with E-state index in [-0.39, 0.29) is 17.4 Å². The van der Waals surface area contributed by atoms with E-state index in [9.17, 15) is 31.5 Å². The van der Waals surface area contributed by atoms with Crippen LogP contribution in [0.1, 0.15) is 37.3 Å². The van der Waals surface area contributed by atoms with Gasteiger partial charge in [0.15, 0.2) is 0 Å². The molecule has 1 amide bonds. The standard InChI is InChI=1S/C19H20F5N5O2/c1-10-2-3-27(8-10)17(30)15-4-11(19(22,23)24)5-16-26-28(18(31)29(15)16)9-14-13(21)6-12(20)7-25-14/h6-7,10-11,15H,2-5,8-9H2,1H3/t10-,11?,15?/m0/s1. The summed E-state index contributed by atoms with van der Waals surface area (Å²) in [5.74, 6) is -4.26. The molecule has 2 aromatic rings. The number of carbonyl (C=O) groups excluding carboxylic acids is 1. The van der Waals surface area contributed by atoms with Crippen molar-refractivity contribution in [3.63, 3.8) is 0 Å². The zero-order chi connectivity index (χ0) is 22.5. The minimum Gasteiger partial charge on any atom is -0.341 e. The highest BCUT2D eigenvalue weighted by Crippen LogP contribution is 2.39. The maximum Gasteiger partial charge on any atom is 0.392 e. The van der Waals surface area contributed by atoms with Gasteiger partial charge in [0.05, 0.1) is 24.4 Å². The topological polar surface area (TPSA) is 73.0 Å². The summed E-state index contributed by atoms with van der Waals surface area (Å²) in [6.07, 6.45) is -4.19. The zero-order valence-corrected chi connectivity index (χ0v) is 16.6. The summed E-state index contributed by atoms with van der Waals surface area (Å²) in [7, 11) is 0. The van der Waals surface area contributed by atoms with Crippen molar-refractivity contribution in [1.82, 2.24) is 24.2 Å². The third kappa shape index (κ3) is 4.07. The number of halogens is 5. The Morgan fingerprint density at radius 1 is 1.29 bits per heavy atom. The second-order valence-electron chi connectivity index (χ2n) is 8.18. The first-order valence-corrected chi connectivity index (χ1v) is 9.88. The summed E-state index contributed by atoms with van der Waals surface area (Å²) < 4.78 is 69.3. The number of carbonyl (C=O) groups is 1. The van der Waals surface area contributed by atoms with Crippen molar-refractivity contribution in [2.24, 2.45) is 11.8 Å². The van der Waals surface area contributed by atoms with E-state index in [0.29, 0.717) is 19.2 Å². The number of amides is 1. The zero-order valence-electron chi connectivity index (χ0n) is 16.6. The minimum absolute atomic E-state index is 0.188. The lowest BCUT2D eigenvalue weighted by atomic mass is 9.91. The molecule has 2 aliphatic rings. The predicted molar refractivity (Wildman–Crippen MR) is 97.0 cm³/mol. The molecule has 168 valence electrons. The van der Waals surface area contributed by atoms with Gasteiger partial charge in [-0.1, -0.05) is 6.92 Å². The lowest BCUT2D eigenvalue weighted by molar-refractivity contribution is -0.183. The summed E-state index contributed by atoms with van der Waals surface area (Å²) in [4.78, 5) is 31.0. The van der Waals surface area contributed by atoms with Crippen molar-refractivity contribution in [3.8, 4) is 0 Å². The van der Waals surface area contributed by atoms with Crippen LogP contribution in [0.3, 0.4) is 0 Å². The Morgan fingerprint density at radius 3 is 2.65 bits per heavy atom. The van der Waals surface area contributed by atoms with Crippen LogP contribution < -0.4 is 5.69 Å². The first-order valence-electron chi connectivity index (χ1n) is 9.88. The molecule has 12 heteroatoms. The third-order valence-electron chi connectivity index (χ3n) is 5.86. The number of hydrogen-bond acceptors (Lipinski definition) is 4. The molecular weight excluding hydrogens is 425 g/mol. The minimum atomic E-state index is -4.56. The van der Waals surface area contributed by atoms with E-state index >= 15 is 0 Å². The molecule has 4 rings (SSSR count). The Hall–Kier alpha value is -2.79. The fraction of sp³-hybridized carbons (Fsp3) is 0.579. The smallest absolute Gasteiger partial charge is 0.341 e. The number of nitrogens with zero attached hydrogens (tertiary/aromatic N) is 5. The SMILES string of the molecule is C[C@H]1CCN(C(=O)C2CC(C(F)(F)F)Cc3nn(Cc4ncc(F)cc4F)c(=O)n32)C1. The van der Waals surface area contributed by atoms with Crippen molar-refractivity contribution in [3.05, 3.63) is 45.9 Å². The van der Waals surface area contributed by atoms with E-state index < -0.39 is 60.8 Å². The molecule has 4 heterocycles. The Balaban J connectivity index is 1.71. The maximum absolute atomic E-state index is 14.0. The van der Waals surface area contributed by atoms with Crippen molar-refractivity contribution in [2.75, 3.05) is 13.1 Å². The Labute approximate surface area is 173 Å². The lowest BCUT2D eigenvalue weighted by Gasteiger charge is -2.32. The van der Waals surface area contributed by atoms with Crippen LogP contribution in [-0.4, -0.2) is 49.4 Å². The molecule has 2 aliphatic heterocycles. The molecule has 0 aliphatic carbocycles. The van der Waals surface area contributed by atoms with Gasteiger partial charge in [0.1, 0.15) is 23.5 Å². The summed E-state index contributed by atoms with van der Waals surface area (Å²) in [5, 5.41) is 3.94. The van der Waals surface area contributed by atoms with Crippen molar-refractivity contribution >= 4 is 5.91 Å². The van der Waals surface area contributed by atoms with Gasteiger partial charge >= 0.3 is 11.9 Å². The van der Waals surface area contributed by atoms with Gasteiger partial charge in [-0.15, -0.1) is 0 Å². The van der Waals surface area contributed by atoms with Gasteiger partial charge < -0.3 is 4.90 Å². The van der Waals surface area contributed by atoms with Crippen LogP contribution in [0.2, 0.25) is 0 Å². The molecule has 0 saturated carbocycles. The largest absolute Gasteiger partial charge is 0.392 e. The highest BCUT2D eigenvalue weighted by atomic mass is 19.4. The molecule has 0 N–H and O–H groups in total. The molecule has 0 bridgehead atoms. The second-order valence-corrected chi connectivity index (χ2v) is 8.18. The molecule has 3 atom stereocenters.